The Morgan fingerprint density at radius 2 is 1.64 bits per heavy atom. The van der Waals surface area contributed by atoms with Crippen molar-refractivity contribution in [1.29, 1.82) is 0 Å². The number of hydrogen-bond acceptors (Lipinski definition) is 3. The van der Waals surface area contributed by atoms with Crippen LogP contribution in [0.1, 0.15) is 28.1 Å². The van der Waals surface area contributed by atoms with Crippen molar-refractivity contribution in [3.05, 3.63) is 94.8 Å². The molecule has 0 bridgehead atoms. The molecule has 0 saturated carbocycles. The summed E-state index contributed by atoms with van der Waals surface area (Å²) in [6.45, 7) is 2.86. The predicted molar refractivity (Wildman–Crippen MR) is 131 cm³/mol. The molecule has 9 heteroatoms. The molecule has 0 aliphatic carbocycles. The lowest BCUT2D eigenvalue weighted by Crippen LogP contribution is -2.37. The van der Waals surface area contributed by atoms with Gasteiger partial charge in [0.2, 0.25) is 11.8 Å². The molecule has 0 aliphatic rings. The first-order chi connectivity index (χ1) is 17.1. The Morgan fingerprint density at radius 3 is 2.36 bits per heavy atom. The first kappa shape index (κ1) is 25.0. The van der Waals surface area contributed by atoms with Crippen LogP contribution in [0.5, 0.6) is 0 Å². The molecule has 0 unspecified atom stereocenters. The monoisotopic (exact) mass is 494 g/mol. The molecule has 0 radical (unpaired) electrons. The average molecular weight is 495 g/mol. The van der Waals surface area contributed by atoms with E-state index in [4.69, 9.17) is 0 Å². The highest BCUT2D eigenvalue weighted by Gasteiger charge is 2.34. The number of aryl methyl sites for hydroxylation is 2. The molecule has 3 aromatic carbocycles. The van der Waals surface area contributed by atoms with Crippen molar-refractivity contribution in [2.24, 2.45) is 0 Å². The molecule has 6 nitrogen and oxygen atoms in total. The van der Waals surface area contributed by atoms with Gasteiger partial charge in [0.05, 0.1) is 29.9 Å². The maximum Gasteiger partial charge on any atom is 0.416 e. The van der Waals surface area contributed by atoms with Gasteiger partial charge in [0.25, 0.3) is 0 Å². The fraction of sp³-hybridized carbons (Fsp3) is 0.222. The first-order valence-corrected chi connectivity index (χ1v) is 11.4. The number of amides is 2. The Balaban J connectivity index is 1.38. The topological polar surface area (TPSA) is 76.0 Å². The summed E-state index contributed by atoms with van der Waals surface area (Å²) in [7, 11) is 0. The minimum atomic E-state index is -4.61. The summed E-state index contributed by atoms with van der Waals surface area (Å²) in [5.74, 6) is -0.941. The number of aromatic nitrogens is 2. The third-order valence-electron chi connectivity index (χ3n) is 5.81. The van der Waals surface area contributed by atoms with Gasteiger partial charge in [-0.15, -0.1) is 0 Å². The van der Waals surface area contributed by atoms with Crippen LogP contribution in [0, 0.1) is 13.8 Å². The van der Waals surface area contributed by atoms with E-state index in [1.165, 1.54) is 16.8 Å². The molecule has 1 aromatic heterocycles. The van der Waals surface area contributed by atoms with E-state index < -0.39 is 17.6 Å². The van der Waals surface area contributed by atoms with Crippen molar-refractivity contribution in [3.8, 4) is 5.69 Å². The minimum Gasteiger partial charge on any atom is -0.350 e. The van der Waals surface area contributed by atoms with Crippen molar-refractivity contribution in [2.45, 2.75) is 33.0 Å². The summed E-state index contributed by atoms with van der Waals surface area (Å²) in [6, 6.07) is 19.0. The van der Waals surface area contributed by atoms with Crippen molar-refractivity contribution in [1.82, 2.24) is 20.4 Å². The van der Waals surface area contributed by atoms with E-state index >= 15 is 0 Å². The van der Waals surface area contributed by atoms with Crippen LogP contribution in [0.2, 0.25) is 0 Å². The number of carbonyl (C=O) groups excluding carboxylic acids is 2. The molecule has 36 heavy (non-hydrogen) atoms. The van der Waals surface area contributed by atoms with Crippen LogP contribution in [-0.2, 0) is 28.7 Å². The van der Waals surface area contributed by atoms with Gasteiger partial charge in [-0.05, 0) is 53.9 Å². The van der Waals surface area contributed by atoms with E-state index in [1.54, 1.807) is 19.9 Å². The van der Waals surface area contributed by atoms with Crippen LogP contribution in [-0.4, -0.2) is 28.1 Å². The lowest BCUT2D eigenvalue weighted by molar-refractivity contribution is -0.138. The average Bonchev–Trinajstić information content (AvgIpc) is 3.18. The Hall–Kier alpha value is -4.14. The second kappa shape index (κ2) is 10.2. The number of nitrogens with zero attached hydrogens (tertiary/aromatic N) is 2. The molecule has 0 spiro atoms. The lowest BCUT2D eigenvalue weighted by Gasteiger charge is -2.16. The number of alkyl halides is 3. The van der Waals surface area contributed by atoms with Crippen LogP contribution >= 0.6 is 0 Å². The van der Waals surface area contributed by atoms with Crippen molar-refractivity contribution < 1.29 is 22.8 Å². The highest BCUT2D eigenvalue weighted by Crippen LogP contribution is 2.33. The van der Waals surface area contributed by atoms with E-state index in [0.29, 0.717) is 11.4 Å². The van der Waals surface area contributed by atoms with Gasteiger partial charge in [0.1, 0.15) is 0 Å². The van der Waals surface area contributed by atoms with Crippen LogP contribution < -0.4 is 10.6 Å². The number of rotatable bonds is 7. The summed E-state index contributed by atoms with van der Waals surface area (Å²) < 4.78 is 42.7. The molecular weight excluding hydrogens is 469 g/mol. The second-order valence-electron chi connectivity index (χ2n) is 8.55. The van der Waals surface area contributed by atoms with Crippen LogP contribution in [0.3, 0.4) is 0 Å². The minimum absolute atomic E-state index is 0.0804. The maximum atomic E-state index is 13.7. The number of halogens is 3. The Morgan fingerprint density at radius 1 is 0.889 bits per heavy atom. The zero-order valence-corrected chi connectivity index (χ0v) is 19.8. The first-order valence-electron chi connectivity index (χ1n) is 11.4. The zero-order valence-electron chi connectivity index (χ0n) is 19.8. The normalized spacial score (nSPS) is 11.5. The number of nitrogens with one attached hydrogen (secondary N) is 2. The van der Waals surface area contributed by atoms with Gasteiger partial charge in [-0.1, -0.05) is 48.5 Å². The van der Waals surface area contributed by atoms with E-state index in [1.807, 2.05) is 42.5 Å². The van der Waals surface area contributed by atoms with Crippen LogP contribution in [0.4, 0.5) is 13.2 Å². The van der Waals surface area contributed by atoms with Gasteiger partial charge in [-0.25, -0.2) is 4.68 Å². The Labute approximate surface area is 206 Å². The maximum absolute atomic E-state index is 13.7. The Bertz CT molecular complexity index is 1420. The summed E-state index contributed by atoms with van der Waals surface area (Å²) in [5, 5.41) is 11.2. The molecule has 186 valence electrons. The van der Waals surface area contributed by atoms with Gasteiger partial charge in [-0.3, -0.25) is 9.59 Å². The number of carbonyl (C=O) groups is 2. The van der Waals surface area contributed by atoms with Gasteiger partial charge in [0, 0.05) is 12.2 Å². The van der Waals surface area contributed by atoms with E-state index in [9.17, 15) is 22.8 Å². The van der Waals surface area contributed by atoms with Gasteiger partial charge in [0.15, 0.2) is 0 Å². The number of fused-ring (bicyclic) bond motifs is 1. The van der Waals surface area contributed by atoms with Crippen molar-refractivity contribution >= 4 is 22.6 Å². The molecule has 4 aromatic rings. The highest BCUT2D eigenvalue weighted by atomic mass is 19.4. The van der Waals surface area contributed by atoms with Gasteiger partial charge < -0.3 is 10.6 Å². The smallest absolute Gasteiger partial charge is 0.350 e. The van der Waals surface area contributed by atoms with Crippen LogP contribution in [0.25, 0.3) is 16.5 Å². The predicted octanol–water partition coefficient (Wildman–Crippen LogP) is 4.64. The quantitative estimate of drug-likeness (QED) is 0.393. The van der Waals surface area contributed by atoms with E-state index in [2.05, 4.69) is 15.7 Å². The van der Waals surface area contributed by atoms with Crippen LogP contribution in [0.15, 0.2) is 66.7 Å². The zero-order chi connectivity index (χ0) is 25.9. The molecule has 1 heterocycles. The SMILES string of the molecule is Cc1cc(C)n(-c2ccc(CNC(=O)CNC(=O)Cc3cccc4ccccc34)c(C(F)(F)F)c2)n1. The summed E-state index contributed by atoms with van der Waals surface area (Å²) in [4.78, 5) is 24.6. The van der Waals surface area contributed by atoms with E-state index in [0.717, 1.165) is 22.4 Å². The summed E-state index contributed by atoms with van der Waals surface area (Å²) in [5.41, 5.74) is 1.57. The van der Waals surface area contributed by atoms with Gasteiger partial charge in [-0.2, -0.15) is 18.3 Å². The molecule has 2 N–H and O–H groups in total. The number of benzene rings is 3. The highest BCUT2D eigenvalue weighted by molar-refractivity contribution is 5.91. The molecule has 0 atom stereocenters. The molecule has 2 amide bonds. The Kier molecular flexibility index (Phi) is 7.10. The third kappa shape index (κ3) is 5.73. The molecule has 0 aliphatic heterocycles. The molecule has 4 rings (SSSR count). The lowest BCUT2D eigenvalue weighted by atomic mass is 10.0. The third-order valence-corrected chi connectivity index (χ3v) is 5.81. The molecule has 0 fully saturated rings. The van der Waals surface area contributed by atoms with Crippen molar-refractivity contribution in [3.63, 3.8) is 0 Å². The summed E-state index contributed by atoms with van der Waals surface area (Å²) in [6.07, 6.45) is -4.53. The largest absolute Gasteiger partial charge is 0.416 e. The molecular formula is C27H25F3N4O2. The summed E-state index contributed by atoms with van der Waals surface area (Å²) >= 11 is 0. The molecule has 0 saturated heterocycles. The standard InChI is InChI=1S/C27H25F3N4O2/c1-17-12-18(2)34(33-17)22-11-10-21(24(14-22)27(28,29)30)15-31-26(36)16-32-25(35)13-20-8-5-7-19-6-3-4-9-23(19)20/h3-12,14H,13,15-16H2,1-2H3,(H,31,36)(H,32,35). The second-order valence-corrected chi connectivity index (χ2v) is 8.55. The fourth-order valence-corrected chi connectivity index (χ4v) is 4.12. The fourth-order valence-electron chi connectivity index (χ4n) is 4.12. The number of hydrogen-bond donors (Lipinski definition) is 2. The van der Waals surface area contributed by atoms with E-state index in [-0.39, 0.29) is 36.7 Å². The van der Waals surface area contributed by atoms with Gasteiger partial charge >= 0.3 is 6.18 Å². The van der Waals surface area contributed by atoms with Crippen molar-refractivity contribution in [2.75, 3.05) is 6.54 Å².